The maximum Gasteiger partial charge on any atom is 0.316 e. The van der Waals surface area contributed by atoms with E-state index < -0.39 is 5.41 Å². The third kappa shape index (κ3) is 3.29. The Hall–Kier alpha value is -2.82. The number of methoxy groups -OCH3 is 2. The predicted molar refractivity (Wildman–Crippen MR) is 98.3 cm³/mol. The Kier molecular flexibility index (Phi) is 5.26. The summed E-state index contributed by atoms with van der Waals surface area (Å²) in [5.41, 5.74) is 0.881. The molecule has 0 aromatic heterocycles. The molecule has 0 saturated carbocycles. The minimum absolute atomic E-state index is 0.0285. The lowest BCUT2D eigenvalue weighted by Gasteiger charge is -2.40. The second-order valence-corrected chi connectivity index (χ2v) is 6.46. The van der Waals surface area contributed by atoms with E-state index in [0.29, 0.717) is 37.2 Å². The van der Waals surface area contributed by atoms with Gasteiger partial charge in [-0.3, -0.25) is 9.59 Å². The normalized spacial score (nSPS) is 16.0. The number of esters is 1. The summed E-state index contributed by atoms with van der Waals surface area (Å²) in [6.45, 7) is 1.02. The number of ether oxygens (including phenoxy) is 2. The van der Waals surface area contributed by atoms with Gasteiger partial charge in [0.25, 0.3) is 5.91 Å². The van der Waals surface area contributed by atoms with Crippen molar-refractivity contribution in [2.24, 2.45) is 0 Å². The Bertz CT molecular complexity index is 762. The van der Waals surface area contributed by atoms with Crippen LogP contribution in [-0.2, 0) is 14.9 Å². The maximum atomic E-state index is 12.8. The van der Waals surface area contributed by atoms with Gasteiger partial charge in [-0.1, -0.05) is 30.3 Å². The van der Waals surface area contributed by atoms with Crippen molar-refractivity contribution in [3.05, 3.63) is 65.7 Å². The molecule has 5 heteroatoms. The van der Waals surface area contributed by atoms with Crippen molar-refractivity contribution in [3.63, 3.8) is 0 Å². The van der Waals surface area contributed by atoms with Crippen LogP contribution < -0.4 is 4.74 Å². The Morgan fingerprint density at radius 3 is 2.08 bits per heavy atom. The molecule has 5 nitrogen and oxygen atoms in total. The summed E-state index contributed by atoms with van der Waals surface area (Å²) >= 11 is 0. The third-order valence-electron chi connectivity index (χ3n) is 5.14. The van der Waals surface area contributed by atoms with Crippen molar-refractivity contribution in [1.82, 2.24) is 4.90 Å². The van der Waals surface area contributed by atoms with E-state index >= 15 is 0 Å². The summed E-state index contributed by atoms with van der Waals surface area (Å²) in [7, 11) is 3.01. The van der Waals surface area contributed by atoms with E-state index in [1.807, 2.05) is 30.3 Å². The molecule has 2 aromatic carbocycles. The number of hydrogen-bond acceptors (Lipinski definition) is 4. The molecule has 2 aromatic rings. The SMILES string of the molecule is COC(=O)C1(c2ccccc2)CCN(C(=O)c2ccc(OC)cc2)CC1. The molecule has 1 saturated heterocycles. The van der Waals surface area contributed by atoms with Crippen molar-refractivity contribution >= 4 is 11.9 Å². The van der Waals surface area contributed by atoms with Gasteiger partial charge in [-0.25, -0.2) is 0 Å². The molecule has 1 fully saturated rings. The van der Waals surface area contributed by atoms with Gasteiger partial charge in [-0.05, 0) is 42.7 Å². The zero-order valence-corrected chi connectivity index (χ0v) is 15.1. The molecule has 136 valence electrons. The lowest BCUT2D eigenvalue weighted by molar-refractivity contribution is -0.149. The smallest absolute Gasteiger partial charge is 0.316 e. The van der Waals surface area contributed by atoms with Crippen LogP contribution in [-0.4, -0.2) is 44.1 Å². The average molecular weight is 353 g/mol. The number of benzene rings is 2. The summed E-state index contributed by atoms with van der Waals surface area (Å²) in [6, 6.07) is 16.8. The minimum atomic E-state index is -0.688. The molecule has 0 unspecified atom stereocenters. The van der Waals surface area contributed by atoms with Crippen LogP contribution in [0.3, 0.4) is 0 Å². The third-order valence-corrected chi connectivity index (χ3v) is 5.14. The van der Waals surface area contributed by atoms with E-state index in [-0.39, 0.29) is 11.9 Å². The van der Waals surface area contributed by atoms with Gasteiger partial charge in [0, 0.05) is 18.7 Å². The highest BCUT2D eigenvalue weighted by Crippen LogP contribution is 2.37. The van der Waals surface area contributed by atoms with Crippen LogP contribution >= 0.6 is 0 Å². The molecule has 3 rings (SSSR count). The quantitative estimate of drug-likeness (QED) is 0.793. The molecule has 1 heterocycles. The molecule has 1 amide bonds. The Morgan fingerprint density at radius 1 is 0.923 bits per heavy atom. The molecule has 1 aliphatic heterocycles. The summed E-state index contributed by atoms with van der Waals surface area (Å²) in [5, 5.41) is 0. The number of rotatable bonds is 4. The molecule has 26 heavy (non-hydrogen) atoms. The standard InChI is InChI=1S/C21H23NO4/c1-25-18-10-8-16(9-11-18)19(23)22-14-12-21(13-15-22,20(24)26-2)17-6-4-3-5-7-17/h3-11H,12-15H2,1-2H3. The molecule has 0 radical (unpaired) electrons. The number of piperidine rings is 1. The Labute approximate surface area is 153 Å². The number of carbonyl (C=O) groups is 2. The monoisotopic (exact) mass is 353 g/mol. The van der Waals surface area contributed by atoms with E-state index in [9.17, 15) is 9.59 Å². The Morgan fingerprint density at radius 2 is 1.54 bits per heavy atom. The molecular formula is C21H23NO4. The van der Waals surface area contributed by atoms with E-state index in [1.54, 1.807) is 36.3 Å². The largest absolute Gasteiger partial charge is 0.497 e. The number of hydrogen-bond donors (Lipinski definition) is 0. The fraction of sp³-hybridized carbons (Fsp3) is 0.333. The van der Waals surface area contributed by atoms with Crippen molar-refractivity contribution < 1.29 is 19.1 Å². The number of nitrogens with zero attached hydrogens (tertiary/aromatic N) is 1. The molecule has 0 aliphatic carbocycles. The minimum Gasteiger partial charge on any atom is -0.497 e. The van der Waals surface area contributed by atoms with Crippen LogP contribution in [0.5, 0.6) is 5.75 Å². The summed E-state index contributed by atoms with van der Waals surface area (Å²) < 4.78 is 10.2. The van der Waals surface area contributed by atoms with E-state index in [0.717, 1.165) is 5.56 Å². The van der Waals surface area contributed by atoms with Crippen molar-refractivity contribution in [2.75, 3.05) is 27.3 Å². The molecular weight excluding hydrogens is 330 g/mol. The summed E-state index contributed by atoms with van der Waals surface area (Å²) in [6.07, 6.45) is 1.09. The maximum absolute atomic E-state index is 12.8. The molecule has 1 aliphatic rings. The van der Waals surface area contributed by atoms with E-state index in [4.69, 9.17) is 9.47 Å². The first-order valence-corrected chi connectivity index (χ1v) is 8.68. The lowest BCUT2D eigenvalue weighted by Crippen LogP contribution is -2.49. The van der Waals surface area contributed by atoms with Gasteiger partial charge in [0.2, 0.25) is 0 Å². The first-order chi connectivity index (χ1) is 12.6. The topological polar surface area (TPSA) is 55.8 Å². The van der Waals surface area contributed by atoms with Gasteiger partial charge >= 0.3 is 5.97 Å². The zero-order valence-electron chi connectivity index (χ0n) is 15.1. The molecule has 0 spiro atoms. The highest BCUT2D eigenvalue weighted by atomic mass is 16.5. The van der Waals surface area contributed by atoms with Crippen LogP contribution in [0.25, 0.3) is 0 Å². The van der Waals surface area contributed by atoms with Crippen LogP contribution in [0.2, 0.25) is 0 Å². The van der Waals surface area contributed by atoms with Gasteiger partial charge in [-0.2, -0.15) is 0 Å². The first-order valence-electron chi connectivity index (χ1n) is 8.68. The fourth-order valence-corrected chi connectivity index (χ4v) is 3.57. The van der Waals surface area contributed by atoms with E-state index in [1.165, 1.54) is 7.11 Å². The van der Waals surface area contributed by atoms with Crippen LogP contribution in [0.1, 0.15) is 28.8 Å². The van der Waals surface area contributed by atoms with Gasteiger partial charge in [0.05, 0.1) is 19.6 Å². The number of amides is 1. The average Bonchev–Trinajstić information content (AvgIpc) is 2.73. The highest BCUT2D eigenvalue weighted by molar-refractivity contribution is 5.94. The molecule has 0 atom stereocenters. The number of likely N-dealkylation sites (tertiary alicyclic amines) is 1. The lowest BCUT2D eigenvalue weighted by atomic mass is 9.72. The van der Waals surface area contributed by atoms with Crippen LogP contribution in [0.4, 0.5) is 0 Å². The van der Waals surface area contributed by atoms with Gasteiger partial charge in [-0.15, -0.1) is 0 Å². The van der Waals surface area contributed by atoms with Gasteiger partial charge < -0.3 is 14.4 Å². The van der Waals surface area contributed by atoms with Crippen molar-refractivity contribution in [2.45, 2.75) is 18.3 Å². The van der Waals surface area contributed by atoms with Gasteiger partial charge in [0.15, 0.2) is 0 Å². The number of carbonyl (C=O) groups excluding carboxylic acids is 2. The predicted octanol–water partition coefficient (Wildman–Crippen LogP) is 3.04. The fourth-order valence-electron chi connectivity index (χ4n) is 3.57. The van der Waals surface area contributed by atoms with Crippen molar-refractivity contribution in [1.29, 1.82) is 0 Å². The molecule has 0 bridgehead atoms. The highest BCUT2D eigenvalue weighted by Gasteiger charge is 2.44. The zero-order chi connectivity index (χ0) is 18.6. The van der Waals surface area contributed by atoms with E-state index in [2.05, 4.69) is 0 Å². The van der Waals surface area contributed by atoms with Crippen LogP contribution in [0, 0.1) is 0 Å². The van der Waals surface area contributed by atoms with Crippen molar-refractivity contribution in [3.8, 4) is 5.75 Å². The summed E-state index contributed by atoms with van der Waals surface area (Å²) in [4.78, 5) is 27.1. The second kappa shape index (κ2) is 7.60. The second-order valence-electron chi connectivity index (χ2n) is 6.46. The van der Waals surface area contributed by atoms with Gasteiger partial charge in [0.1, 0.15) is 5.75 Å². The Balaban J connectivity index is 1.77. The summed E-state index contributed by atoms with van der Waals surface area (Å²) in [5.74, 6) is 0.452. The van der Waals surface area contributed by atoms with Crippen LogP contribution in [0.15, 0.2) is 54.6 Å². The first kappa shape index (κ1) is 18.0. The molecule has 0 N–H and O–H groups in total.